The van der Waals surface area contributed by atoms with Gasteiger partial charge in [0.15, 0.2) is 5.76 Å². The molecule has 0 saturated heterocycles. The molecule has 2 N–H and O–H groups in total. The van der Waals surface area contributed by atoms with Crippen LogP contribution in [0.15, 0.2) is 59.1 Å². The number of hydrogen-bond acceptors (Lipinski definition) is 4. The van der Waals surface area contributed by atoms with Crippen LogP contribution in [0.3, 0.4) is 0 Å². The van der Waals surface area contributed by atoms with E-state index >= 15 is 0 Å². The van der Waals surface area contributed by atoms with Crippen LogP contribution in [0.5, 0.6) is 5.75 Å². The lowest BCUT2D eigenvalue weighted by Crippen LogP contribution is -2.52. The van der Waals surface area contributed by atoms with E-state index < -0.39 is 17.5 Å². The summed E-state index contributed by atoms with van der Waals surface area (Å²) in [4.78, 5) is 13.4. The summed E-state index contributed by atoms with van der Waals surface area (Å²) in [6.07, 6.45) is 0.686. The SMILES string of the molecule is O=C(NC1(c2ccccc2)CCC1)[C@@H]1CCC[C@H]1c1cc(-c2ccc(C(F)(F)F)cc2O)on1. The first-order valence-corrected chi connectivity index (χ1v) is 11.5. The molecular formula is C26H25F3N2O3. The van der Waals surface area contributed by atoms with Crippen molar-refractivity contribution >= 4 is 5.91 Å². The Morgan fingerprint density at radius 3 is 2.47 bits per heavy atom. The Morgan fingerprint density at radius 2 is 1.82 bits per heavy atom. The third-order valence-corrected chi connectivity index (χ3v) is 7.25. The smallest absolute Gasteiger partial charge is 0.416 e. The number of halogens is 3. The van der Waals surface area contributed by atoms with Crippen LogP contribution in [-0.2, 0) is 16.5 Å². The first-order valence-electron chi connectivity index (χ1n) is 11.5. The van der Waals surface area contributed by atoms with Gasteiger partial charge in [-0.15, -0.1) is 0 Å². The second-order valence-corrected chi connectivity index (χ2v) is 9.28. The third kappa shape index (κ3) is 4.06. The summed E-state index contributed by atoms with van der Waals surface area (Å²) in [5.41, 5.74) is 0.555. The van der Waals surface area contributed by atoms with Gasteiger partial charge in [0.2, 0.25) is 5.91 Å². The van der Waals surface area contributed by atoms with Crippen LogP contribution < -0.4 is 5.32 Å². The molecule has 0 bridgehead atoms. The number of benzene rings is 2. The Morgan fingerprint density at radius 1 is 1.06 bits per heavy atom. The van der Waals surface area contributed by atoms with Gasteiger partial charge in [-0.1, -0.05) is 41.9 Å². The van der Waals surface area contributed by atoms with E-state index in [1.54, 1.807) is 6.07 Å². The number of amides is 1. The average molecular weight is 470 g/mol. The number of carbonyl (C=O) groups is 1. The van der Waals surface area contributed by atoms with Gasteiger partial charge < -0.3 is 14.9 Å². The van der Waals surface area contributed by atoms with Gasteiger partial charge in [-0.25, -0.2) is 0 Å². The predicted octanol–water partition coefficient (Wildman–Crippen LogP) is 6.15. The highest BCUT2D eigenvalue weighted by Gasteiger charge is 2.44. The lowest BCUT2D eigenvalue weighted by atomic mass is 9.71. The number of nitrogens with one attached hydrogen (secondary N) is 1. The van der Waals surface area contributed by atoms with Crippen molar-refractivity contribution in [3.05, 3.63) is 71.4 Å². The fourth-order valence-corrected chi connectivity index (χ4v) is 5.24. The molecule has 178 valence electrons. The quantitative estimate of drug-likeness (QED) is 0.469. The van der Waals surface area contributed by atoms with E-state index in [9.17, 15) is 23.1 Å². The summed E-state index contributed by atoms with van der Waals surface area (Å²) in [6.45, 7) is 0. The van der Waals surface area contributed by atoms with Gasteiger partial charge in [-0.2, -0.15) is 13.2 Å². The highest BCUT2D eigenvalue weighted by molar-refractivity contribution is 5.81. The van der Waals surface area contributed by atoms with Crippen molar-refractivity contribution in [1.29, 1.82) is 0 Å². The lowest BCUT2D eigenvalue weighted by Gasteiger charge is -2.44. The minimum absolute atomic E-state index is 0.00650. The number of nitrogens with zero attached hydrogens (tertiary/aromatic N) is 1. The van der Waals surface area contributed by atoms with Gasteiger partial charge >= 0.3 is 6.18 Å². The number of alkyl halides is 3. The summed E-state index contributed by atoms with van der Waals surface area (Å²) < 4.78 is 44.1. The molecule has 2 aliphatic rings. The highest BCUT2D eigenvalue weighted by Crippen LogP contribution is 2.45. The van der Waals surface area contributed by atoms with Crippen LogP contribution in [-0.4, -0.2) is 16.2 Å². The Bertz CT molecular complexity index is 1190. The molecule has 1 aromatic heterocycles. The molecule has 2 aliphatic carbocycles. The van der Waals surface area contributed by atoms with Crippen molar-refractivity contribution in [2.75, 3.05) is 0 Å². The molecule has 34 heavy (non-hydrogen) atoms. The first kappa shape index (κ1) is 22.5. The van der Waals surface area contributed by atoms with E-state index in [0.717, 1.165) is 50.2 Å². The lowest BCUT2D eigenvalue weighted by molar-refractivity contribution is -0.137. The molecule has 8 heteroatoms. The fourth-order valence-electron chi connectivity index (χ4n) is 5.24. The van der Waals surface area contributed by atoms with Crippen molar-refractivity contribution in [3.63, 3.8) is 0 Å². The minimum atomic E-state index is -4.55. The Labute approximate surface area is 195 Å². The molecule has 5 nitrogen and oxygen atoms in total. The molecule has 1 amide bonds. The molecule has 5 rings (SSSR count). The second-order valence-electron chi connectivity index (χ2n) is 9.28. The Kier molecular flexibility index (Phi) is 5.62. The molecule has 0 radical (unpaired) electrons. The van der Waals surface area contributed by atoms with E-state index in [1.807, 2.05) is 30.3 Å². The average Bonchev–Trinajstić information content (AvgIpc) is 3.45. The van der Waals surface area contributed by atoms with Gasteiger partial charge in [0.1, 0.15) is 5.75 Å². The summed E-state index contributed by atoms with van der Waals surface area (Å²) in [7, 11) is 0. The van der Waals surface area contributed by atoms with Crippen LogP contribution in [0.2, 0.25) is 0 Å². The zero-order valence-corrected chi connectivity index (χ0v) is 18.4. The zero-order chi connectivity index (χ0) is 23.9. The minimum Gasteiger partial charge on any atom is -0.507 e. The summed E-state index contributed by atoms with van der Waals surface area (Å²) in [5, 5.41) is 17.6. The van der Waals surface area contributed by atoms with E-state index in [0.29, 0.717) is 11.8 Å². The van der Waals surface area contributed by atoms with Gasteiger partial charge in [0.05, 0.1) is 22.4 Å². The van der Waals surface area contributed by atoms with Gasteiger partial charge in [-0.05, 0) is 55.9 Å². The van der Waals surface area contributed by atoms with Crippen molar-refractivity contribution in [2.24, 2.45) is 5.92 Å². The van der Waals surface area contributed by atoms with E-state index in [2.05, 4.69) is 10.5 Å². The largest absolute Gasteiger partial charge is 0.507 e. The number of rotatable bonds is 5. The molecule has 3 aromatic rings. The molecule has 0 unspecified atom stereocenters. The predicted molar refractivity (Wildman–Crippen MR) is 119 cm³/mol. The topological polar surface area (TPSA) is 75.4 Å². The maximum atomic E-state index is 13.4. The van der Waals surface area contributed by atoms with E-state index in [1.165, 1.54) is 6.07 Å². The Hall–Kier alpha value is -3.29. The summed E-state index contributed by atoms with van der Waals surface area (Å²) in [6, 6.07) is 14.4. The van der Waals surface area contributed by atoms with Crippen LogP contribution in [0.25, 0.3) is 11.3 Å². The van der Waals surface area contributed by atoms with Crippen molar-refractivity contribution in [3.8, 4) is 17.1 Å². The maximum absolute atomic E-state index is 13.4. The van der Waals surface area contributed by atoms with Crippen LogP contribution in [0, 0.1) is 5.92 Å². The number of carbonyl (C=O) groups excluding carboxylic acids is 1. The van der Waals surface area contributed by atoms with Crippen molar-refractivity contribution in [1.82, 2.24) is 10.5 Å². The molecule has 2 atom stereocenters. The van der Waals surface area contributed by atoms with E-state index in [4.69, 9.17) is 4.52 Å². The second kappa shape index (κ2) is 8.49. The number of aromatic hydroxyl groups is 1. The van der Waals surface area contributed by atoms with Crippen LogP contribution in [0.1, 0.15) is 61.3 Å². The zero-order valence-electron chi connectivity index (χ0n) is 18.4. The number of phenols is 1. The Balaban J connectivity index is 1.35. The molecule has 2 fully saturated rings. The molecular weight excluding hydrogens is 445 g/mol. The molecule has 0 spiro atoms. The molecule has 0 aliphatic heterocycles. The summed E-state index contributed by atoms with van der Waals surface area (Å²) >= 11 is 0. The van der Waals surface area contributed by atoms with Gasteiger partial charge in [0, 0.05) is 17.9 Å². The number of aromatic nitrogens is 1. The van der Waals surface area contributed by atoms with Crippen molar-refractivity contribution in [2.45, 2.75) is 56.2 Å². The maximum Gasteiger partial charge on any atom is 0.416 e. The van der Waals surface area contributed by atoms with Crippen LogP contribution >= 0.6 is 0 Å². The molecule has 2 saturated carbocycles. The molecule has 2 aromatic carbocycles. The van der Waals surface area contributed by atoms with Crippen LogP contribution in [0.4, 0.5) is 13.2 Å². The monoisotopic (exact) mass is 470 g/mol. The summed E-state index contributed by atoms with van der Waals surface area (Å²) in [5.74, 6) is -0.782. The van der Waals surface area contributed by atoms with Gasteiger partial charge in [0.25, 0.3) is 0 Å². The fraction of sp³-hybridized carbons (Fsp3) is 0.385. The first-order chi connectivity index (χ1) is 16.3. The number of hydrogen-bond donors (Lipinski definition) is 2. The highest BCUT2D eigenvalue weighted by atomic mass is 19.4. The normalized spacial score (nSPS) is 21.7. The van der Waals surface area contributed by atoms with Gasteiger partial charge in [-0.3, -0.25) is 4.79 Å². The number of phenolic OH excluding ortho intramolecular Hbond substituents is 1. The third-order valence-electron chi connectivity index (χ3n) is 7.25. The standard InChI is InChI=1S/C26H25F3N2O3/c27-26(28,29)17-10-11-20(22(32)14-17)23-15-21(31-34-23)18-8-4-9-19(18)24(33)30-25(12-5-13-25)16-6-2-1-3-7-16/h1-3,6-7,10-11,14-15,18-19,32H,4-5,8-9,12-13H2,(H,30,33)/t18-,19-/m1/s1. The van der Waals surface area contributed by atoms with E-state index in [-0.39, 0.29) is 34.6 Å². The molecule has 1 heterocycles. The van der Waals surface area contributed by atoms with Crippen molar-refractivity contribution < 1.29 is 27.6 Å².